The molecular weight excluding hydrogens is 268 g/mol. The summed E-state index contributed by atoms with van der Waals surface area (Å²) in [6.07, 6.45) is 3.66. The fourth-order valence-electron chi connectivity index (χ4n) is 3.06. The van der Waals surface area contributed by atoms with E-state index >= 15 is 0 Å². The Bertz CT molecular complexity index is 472. The first-order chi connectivity index (χ1) is 10.2. The van der Waals surface area contributed by atoms with Crippen molar-refractivity contribution >= 4 is 5.97 Å². The van der Waals surface area contributed by atoms with Crippen molar-refractivity contribution in [1.29, 1.82) is 0 Å². The van der Waals surface area contributed by atoms with Gasteiger partial charge >= 0.3 is 5.97 Å². The van der Waals surface area contributed by atoms with Gasteiger partial charge in [-0.25, -0.2) is 0 Å². The summed E-state index contributed by atoms with van der Waals surface area (Å²) in [4.78, 5) is 11.8. The molecule has 0 fully saturated rings. The summed E-state index contributed by atoms with van der Waals surface area (Å²) in [5, 5.41) is 9.69. The van der Waals surface area contributed by atoms with Gasteiger partial charge in [0.15, 0.2) is 0 Å². The van der Waals surface area contributed by atoms with E-state index in [-0.39, 0.29) is 0 Å². The van der Waals surface area contributed by atoms with Gasteiger partial charge in [-0.1, -0.05) is 24.3 Å². The highest BCUT2D eigenvalue weighted by atomic mass is 16.5. The second-order valence-corrected chi connectivity index (χ2v) is 5.74. The number of rotatable bonds is 8. The Balaban J connectivity index is 1.92. The van der Waals surface area contributed by atoms with E-state index in [9.17, 15) is 9.90 Å². The minimum atomic E-state index is -0.672. The van der Waals surface area contributed by atoms with Crippen LogP contribution >= 0.6 is 0 Å². The molecule has 1 aliphatic carbocycles. The molecule has 0 amide bonds. The molecule has 1 atom stereocenters. The number of carboxylic acids is 1. The molecule has 0 saturated heterocycles. The first kappa shape index (κ1) is 16.0. The van der Waals surface area contributed by atoms with Crippen molar-refractivity contribution in [2.75, 3.05) is 26.9 Å². The van der Waals surface area contributed by atoms with E-state index in [2.05, 4.69) is 12.1 Å². The van der Waals surface area contributed by atoms with Gasteiger partial charge in [-0.3, -0.25) is 4.79 Å². The zero-order valence-electron chi connectivity index (χ0n) is 12.6. The smallest absolute Gasteiger partial charge is 0.309 e. The van der Waals surface area contributed by atoms with E-state index < -0.39 is 11.4 Å². The van der Waals surface area contributed by atoms with Gasteiger partial charge in [0.2, 0.25) is 0 Å². The maximum absolute atomic E-state index is 11.8. The molecular formula is C17H24O4. The summed E-state index contributed by atoms with van der Waals surface area (Å²) in [5.41, 5.74) is 1.86. The van der Waals surface area contributed by atoms with Crippen LogP contribution in [0.2, 0.25) is 0 Å². The third-order valence-corrected chi connectivity index (χ3v) is 4.35. The Labute approximate surface area is 126 Å². The van der Waals surface area contributed by atoms with Crippen LogP contribution in [0.15, 0.2) is 24.3 Å². The Morgan fingerprint density at radius 1 is 1.24 bits per heavy atom. The van der Waals surface area contributed by atoms with Gasteiger partial charge in [-0.05, 0) is 43.2 Å². The van der Waals surface area contributed by atoms with Gasteiger partial charge < -0.3 is 14.6 Å². The van der Waals surface area contributed by atoms with Crippen molar-refractivity contribution in [3.05, 3.63) is 35.4 Å². The number of carboxylic acid groups (broad SMARTS) is 1. The molecule has 0 spiro atoms. The van der Waals surface area contributed by atoms with Gasteiger partial charge in [0, 0.05) is 13.7 Å². The molecule has 0 bridgehead atoms. The predicted octanol–water partition coefficient (Wildman–Crippen LogP) is 2.69. The number of benzene rings is 1. The third kappa shape index (κ3) is 4.05. The highest BCUT2D eigenvalue weighted by molar-refractivity contribution is 5.75. The SMILES string of the molecule is COCCOCCCC1(C(=O)O)CCc2ccccc2C1. The Morgan fingerprint density at radius 2 is 2.00 bits per heavy atom. The molecule has 0 aliphatic heterocycles. The number of aliphatic carboxylic acids is 1. The van der Waals surface area contributed by atoms with E-state index in [1.54, 1.807) is 7.11 Å². The van der Waals surface area contributed by atoms with Crippen LogP contribution in [0, 0.1) is 5.41 Å². The summed E-state index contributed by atoms with van der Waals surface area (Å²) in [6.45, 7) is 1.75. The molecule has 2 rings (SSSR count). The standard InChI is InChI=1S/C17H24O4/c1-20-11-12-21-10-4-8-17(16(18)19)9-7-14-5-2-3-6-15(14)13-17/h2-3,5-6H,4,7-13H2,1H3,(H,18,19). The number of aryl methyl sites for hydroxylation is 1. The first-order valence-corrected chi connectivity index (χ1v) is 7.55. The minimum absolute atomic E-state index is 0.569. The third-order valence-electron chi connectivity index (χ3n) is 4.35. The molecule has 21 heavy (non-hydrogen) atoms. The fraction of sp³-hybridized carbons (Fsp3) is 0.588. The van der Waals surface area contributed by atoms with Crippen molar-refractivity contribution < 1.29 is 19.4 Å². The van der Waals surface area contributed by atoms with Gasteiger partial charge in [-0.2, -0.15) is 0 Å². The fourth-order valence-corrected chi connectivity index (χ4v) is 3.06. The number of methoxy groups -OCH3 is 1. The van der Waals surface area contributed by atoms with Crippen LogP contribution < -0.4 is 0 Å². The zero-order chi connectivity index (χ0) is 15.1. The molecule has 0 radical (unpaired) electrons. The molecule has 1 unspecified atom stereocenters. The van der Waals surface area contributed by atoms with Crippen molar-refractivity contribution in [3.8, 4) is 0 Å². The van der Waals surface area contributed by atoms with E-state index in [1.807, 2.05) is 12.1 Å². The highest BCUT2D eigenvalue weighted by Gasteiger charge is 2.40. The number of hydrogen-bond acceptors (Lipinski definition) is 3. The van der Waals surface area contributed by atoms with Crippen LogP contribution in [0.3, 0.4) is 0 Å². The molecule has 1 aliphatic rings. The Morgan fingerprint density at radius 3 is 2.71 bits per heavy atom. The van der Waals surface area contributed by atoms with Crippen LogP contribution in [-0.2, 0) is 27.1 Å². The summed E-state index contributed by atoms with van der Waals surface area (Å²) < 4.78 is 10.4. The molecule has 0 aromatic heterocycles. The molecule has 1 aromatic rings. The largest absolute Gasteiger partial charge is 0.481 e. The van der Waals surface area contributed by atoms with Crippen molar-refractivity contribution in [3.63, 3.8) is 0 Å². The molecule has 1 aromatic carbocycles. The summed E-state index contributed by atoms with van der Waals surface area (Å²) >= 11 is 0. The summed E-state index contributed by atoms with van der Waals surface area (Å²) in [6, 6.07) is 8.18. The van der Waals surface area contributed by atoms with E-state index in [0.717, 1.165) is 19.3 Å². The Hall–Kier alpha value is -1.39. The van der Waals surface area contributed by atoms with E-state index in [1.165, 1.54) is 11.1 Å². The molecule has 4 heteroatoms. The van der Waals surface area contributed by atoms with Crippen LogP contribution in [0.1, 0.15) is 30.4 Å². The molecule has 1 N–H and O–H groups in total. The van der Waals surface area contributed by atoms with Crippen LogP contribution in [0.25, 0.3) is 0 Å². The summed E-state index contributed by atoms with van der Waals surface area (Å²) in [5.74, 6) is -0.672. The quantitative estimate of drug-likeness (QED) is 0.748. The first-order valence-electron chi connectivity index (χ1n) is 7.55. The van der Waals surface area contributed by atoms with E-state index in [4.69, 9.17) is 9.47 Å². The average Bonchev–Trinajstić information content (AvgIpc) is 2.50. The number of fused-ring (bicyclic) bond motifs is 1. The Kier molecular flexibility index (Phi) is 5.76. The maximum Gasteiger partial charge on any atom is 0.309 e. The van der Waals surface area contributed by atoms with Crippen LogP contribution in [-0.4, -0.2) is 38.0 Å². The lowest BCUT2D eigenvalue weighted by atomic mass is 9.69. The van der Waals surface area contributed by atoms with Gasteiger partial charge in [0.25, 0.3) is 0 Å². The molecule has 116 valence electrons. The molecule has 0 heterocycles. The van der Waals surface area contributed by atoms with Crippen molar-refractivity contribution in [2.24, 2.45) is 5.41 Å². The number of ether oxygens (including phenoxy) is 2. The molecule has 4 nitrogen and oxygen atoms in total. The second-order valence-electron chi connectivity index (χ2n) is 5.74. The summed E-state index contributed by atoms with van der Waals surface area (Å²) in [7, 11) is 1.64. The topological polar surface area (TPSA) is 55.8 Å². The lowest BCUT2D eigenvalue weighted by Gasteiger charge is -2.34. The zero-order valence-corrected chi connectivity index (χ0v) is 12.6. The monoisotopic (exact) mass is 292 g/mol. The lowest BCUT2D eigenvalue weighted by Crippen LogP contribution is -2.37. The van der Waals surface area contributed by atoms with Crippen LogP contribution in [0.5, 0.6) is 0 Å². The minimum Gasteiger partial charge on any atom is -0.481 e. The van der Waals surface area contributed by atoms with Crippen molar-refractivity contribution in [1.82, 2.24) is 0 Å². The van der Waals surface area contributed by atoms with Gasteiger partial charge in [0.1, 0.15) is 0 Å². The molecule has 0 saturated carbocycles. The van der Waals surface area contributed by atoms with E-state index in [0.29, 0.717) is 32.7 Å². The normalized spacial score (nSPS) is 21.0. The van der Waals surface area contributed by atoms with Crippen molar-refractivity contribution in [2.45, 2.75) is 32.1 Å². The average molecular weight is 292 g/mol. The lowest BCUT2D eigenvalue weighted by molar-refractivity contribution is -0.150. The predicted molar refractivity (Wildman–Crippen MR) is 80.5 cm³/mol. The van der Waals surface area contributed by atoms with Crippen LogP contribution in [0.4, 0.5) is 0 Å². The van der Waals surface area contributed by atoms with Gasteiger partial charge in [0.05, 0.1) is 18.6 Å². The number of carbonyl (C=O) groups is 1. The second kappa shape index (κ2) is 7.57. The maximum atomic E-state index is 11.8. The number of hydrogen-bond donors (Lipinski definition) is 1. The highest BCUT2D eigenvalue weighted by Crippen LogP contribution is 2.39. The van der Waals surface area contributed by atoms with Gasteiger partial charge in [-0.15, -0.1) is 0 Å².